The Kier molecular flexibility index (Phi) is 61.3. The minimum absolute atomic E-state index is 0.0991. The van der Waals surface area contributed by atoms with Crippen molar-refractivity contribution in [3.8, 4) is 0 Å². The lowest BCUT2D eigenvalue weighted by Gasteiger charge is -2.18. The number of hydrogen-bond donors (Lipinski definition) is 0. The summed E-state index contributed by atoms with van der Waals surface area (Å²) in [5.74, 6) is -0.959. The van der Waals surface area contributed by atoms with Crippen LogP contribution in [0.1, 0.15) is 303 Å². The van der Waals surface area contributed by atoms with Gasteiger partial charge in [0, 0.05) is 19.3 Å². The lowest BCUT2D eigenvalue weighted by atomic mass is 10.1. The summed E-state index contributed by atoms with van der Waals surface area (Å²) in [5, 5.41) is 0. The Morgan fingerprint density at radius 2 is 0.519 bits per heavy atom. The van der Waals surface area contributed by atoms with Gasteiger partial charge < -0.3 is 14.2 Å². The summed E-state index contributed by atoms with van der Waals surface area (Å²) in [4.78, 5) is 38.3. The van der Waals surface area contributed by atoms with Crippen LogP contribution in [0.3, 0.4) is 0 Å². The average molecular weight is 1070 g/mol. The molecule has 0 aliphatic carbocycles. The first-order chi connectivity index (χ1) is 38.0. The number of esters is 3. The van der Waals surface area contributed by atoms with Gasteiger partial charge >= 0.3 is 17.9 Å². The molecule has 0 spiro atoms. The molecule has 0 aromatic rings. The number of carbonyl (C=O) groups excluding carboxylic acids is 3. The molecule has 0 bridgehead atoms. The zero-order chi connectivity index (χ0) is 55.7. The van der Waals surface area contributed by atoms with Gasteiger partial charge in [-0.05, 0) is 122 Å². The zero-order valence-electron chi connectivity index (χ0n) is 50.4. The fraction of sp³-hybridized carbons (Fsp3) is 0.704. The Morgan fingerprint density at radius 1 is 0.273 bits per heavy atom. The third-order valence-corrected chi connectivity index (χ3v) is 13.7. The van der Waals surface area contributed by atoms with E-state index in [9.17, 15) is 14.4 Å². The van der Waals surface area contributed by atoms with E-state index in [-0.39, 0.29) is 37.5 Å². The molecule has 0 saturated heterocycles. The predicted molar refractivity (Wildman–Crippen MR) is 334 cm³/mol. The summed E-state index contributed by atoms with van der Waals surface area (Å²) in [6.07, 6.45) is 88.1. The summed E-state index contributed by atoms with van der Waals surface area (Å²) in [6, 6.07) is 0. The minimum Gasteiger partial charge on any atom is -0.462 e. The molecule has 0 amide bonds. The van der Waals surface area contributed by atoms with Gasteiger partial charge in [0.2, 0.25) is 0 Å². The van der Waals surface area contributed by atoms with Crippen LogP contribution in [0.15, 0.2) is 109 Å². The lowest BCUT2D eigenvalue weighted by molar-refractivity contribution is -0.167. The van der Waals surface area contributed by atoms with Crippen LogP contribution in [0.4, 0.5) is 0 Å². The maximum atomic E-state index is 12.9. The van der Waals surface area contributed by atoms with Gasteiger partial charge in [0.05, 0.1) is 0 Å². The topological polar surface area (TPSA) is 78.9 Å². The van der Waals surface area contributed by atoms with E-state index in [0.29, 0.717) is 19.3 Å². The molecule has 77 heavy (non-hydrogen) atoms. The van der Waals surface area contributed by atoms with Gasteiger partial charge in [-0.25, -0.2) is 0 Å². The van der Waals surface area contributed by atoms with Crippen LogP contribution in [0.25, 0.3) is 0 Å². The number of allylic oxidation sites excluding steroid dienone is 18. The SMILES string of the molecule is CC/C=C\C/C=C\C/C=C\C/C=C\C/C=C\C/C=C\C/C=C\CCCC(=O)OCC(COC(=O)CCCCCCCCC/C=C\CCCCCCCC)OC(=O)CCCCCCCCCCC/C=C\CCCCCCCC. The van der Waals surface area contributed by atoms with E-state index in [1.165, 1.54) is 167 Å². The number of ether oxygens (including phenoxy) is 3. The second-order valence-corrected chi connectivity index (χ2v) is 21.3. The highest BCUT2D eigenvalue weighted by atomic mass is 16.6. The first-order valence-corrected chi connectivity index (χ1v) is 32.4. The summed E-state index contributed by atoms with van der Waals surface area (Å²) in [7, 11) is 0. The summed E-state index contributed by atoms with van der Waals surface area (Å²) < 4.78 is 16.9. The van der Waals surface area contributed by atoms with Crippen LogP contribution in [0.2, 0.25) is 0 Å². The highest BCUT2D eigenvalue weighted by Crippen LogP contribution is 2.15. The first kappa shape index (κ1) is 73.1. The molecule has 0 aliphatic rings. The Hall–Kier alpha value is -3.93. The van der Waals surface area contributed by atoms with Crippen molar-refractivity contribution in [2.24, 2.45) is 0 Å². The highest BCUT2D eigenvalue weighted by Gasteiger charge is 2.19. The standard InChI is InChI=1S/C71H120O6/c1-4-7-10-13-16-19-22-25-28-31-33-34-35-36-38-40-43-46-49-52-55-58-61-64-70(73)76-67-68(66-75-69(72)63-60-57-54-51-48-45-42-39-30-27-24-21-18-15-12-9-6-3)77-71(74)65-62-59-56-53-50-47-44-41-37-32-29-26-23-20-17-14-11-8-5-2/h7,10,16,19,25-30,33-34,36,38,43,46,52,55,68H,4-6,8-9,11-15,17-18,20-24,31-32,35,37,39-42,44-45,47-51,53-54,56-67H2,1-3H3/b10-7-,19-16-,28-25-,29-26-,30-27-,34-33-,38-36-,46-43-,55-52-. The molecule has 440 valence electrons. The molecule has 0 fully saturated rings. The van der Waals surface area contributed by atoms with Gasteiger partial charge in [0.15, 0.2) is 6.10 Å². The molecule has 6 nitrogen and oxygen atoms in total. The molecule has 0 N–H and O–H groups in total. The fourth-order valence-corrected chi connectivity index (χ4v) is 8.89. The monoisotopic (exact) mass is 1070 g/mol. The van der Waals surface area contributed by atoms with E-state index >= 15 is 0 Å². The van der Waals surface area contributed by atoms with Crippen molar-refractivity contribution >= 4 is 17.9 Å². The summed E-state index contributed by atoms with van der Waals surface area (Å²) >= 11 is 0. The number of unbranched alkanes of at least 4 members (excludes halogenated alkanes) is 29. The smallest absolute Gasteiger partial charge is 0.306 e. The molecule has 0 aromatic heterocycles. The van der Waals surface area contributed by atoms with Gasteiger partial charge in [-0.1, -0.05) is 271 Å². The van der Waals surface area contributed by atoms with Crippen molar-refractivity contribution in [1.29, 1.82) is 0 Å². The largest absolute Gasteiger partial charge is 0.462 e. The van der Waals surface area contributed by atoms with E-state index in [0.717, 1.165) is 89.9 Å². The van der Waals surface area contributed by atoms with Gasteiger partial charge in [0.25, 0.3) is 0 Å². The third kappa shape index (κ3) is 62.8. The van der Waals surface area contributed by atoms with Gasteiger partial charge in [-0.15, -0.1) is 0 Å². The fourth-order valence-electron chi connectivity index (χ4n) is 8.89. The number of rotatable bonds is 58. The Morgan fingerprint density at radius 3 is 0.857 bits per heavy atom. The first-order valence-electron chi connectivity index (χ1n) is 32.4. The van der Waals surface area contributed by atoms with Crippen molar-refractivity contribution < 1.29 is 28.6 Å². The van der Waals surface area contributed by atoms with Crippen molar-refractivity contribution in [1.82, 2.24) is 0 Å². The van der Waals surface area contributed by atoms with Crippen molar-refractivity contribution in [3.63, 3.8) is 0 Å². The molecule has 1 unspecified atom stereocenters. The van der Waals surface area contributed by atoms with Crippen molar-refractivity contribution in [3.05, 3.63) is 109 Å². The zero-order valence-corrected chi connectivity index (χ0v) is 50.4. The molecular weight excluding hydrogens is 949 g/mol. The van der Waals surface area contributed by atoms with Crippen LogP contribution in [-0.4, -0.2) is 37.2 Å². The Labute approximate surface area is 476 Å². The Bertz CT molecular complexity index is 1560. The van der Waals surface area contributed by atoms with E-state index in [1.54, 1.807) is 0 Å². The second-order valence-electron chi connectivity index (χ2n) is 21.3. The van der Waals surface area contributed by atoms with E-state index < -0.39 is 6.10 Å². The number of carbonyl (C=O) groups is 3. The third-order valence-electron chi connectivity index (χ3n) is 13.7. The molecule has 0 saturated carbocycles. The van der Waals surface area contributed by atoms with Gasteiger partial charge in [-0.2, -0.15) is 0 Å². The van der Waals surface area contributed by atoms with Gasteiger partial charge in [0.1, 0.15) is 13.2 Å². The molecule has 0 radical (unpaired) electrons. The lowest BCUT2D eigenvalue weighted by Crippen LogP contribution is -2.30. The Balaban J connectivity index is 4.49. The van der Waals surface area contributed by atoms with Crippen LogP contribution in [-0.2, 0) is 28.6 Å². The molecule has 0 heterocycles. The molecule has 0 rings (SSSR count). The van der Waals surface area contributed by atoms with Crippen molar-refractivity contribution in [2.45, 2.75) is 309 Å². The molecular formula is C71H120O6. The second kappa shape index (κ2) is 64.6. The van der Waals surface area contributed by atoms with E-state index in [2.05, 4.69) is 130 Å². The maximum Gasteiger partial charge on any atom is 0.306 e. The maximum absolute atomic E-state index is 12.9. The molecule has 0 aromatic carbocycles. The van der Waals surface area contributed by atoms with E-state index in [4.69, 9.17) is 14.2 Å². The average Bonchev–Trinajstić information content (AvgIpc) is 3.43. The summed E-state index contributed by atoms with van der Waals surface area (Å²) in [6.45, 7) is 6.49. The summed E-state index contributed by atoms with van der Waals surface area (Å²) in [5.41, 5.74) is 0. The van der Waals surface area contributed by atoms with E-state index in [1.807, 2.05) is 0 Å². The van der Waals surface area contributed by atoms with Gasteiger partial charge in [-0.3, -0.25) is 14.4 Å². The van der Waals surface area contributed by atoms with Crippen LogP contribution in [0, 0.1) is 0 Å². The molecule has 0 aliphatic heterocycles. The highest BCUT2D eigenvalue weighted by molar-refractivity contribution is 5.71. The molecule has 1 atom stereocenters. The quantitative estimate of drug-likeness (QED) is 0.0261. The predicted octanol–water partition coefficient (Wildman–Crippen LogP) is 22.2. The normalized spacial score (nSPS) is 12.8. The van der Waals surface area contributed by atoms with Crippen molar-refractivity contribution in [2.75, 3.05) is 13.2 Å². The minimum atomic E-state index is -0.808. The van der Waals surface area contributed by atoms with Crippen LogP contribution < -0.4 is 0 Å². The van der Waals surface area contributed by atoms with Crippen LogP contribution in [0.5, 0.6) is 0 Å². The van der Waals surface area contributed by atoms with Crippen LogP contribution >= 0.6 is 0 Å². The number of hydrogen-bond acceptors (Lipinski definition) is 6. The molecule has 6 heteroatoms.